The minimum atomic E-state index is 0.248. The molecule has 1 aliphatic carbocycles. The van der Waals surface area contributed by atoms with Gasteiger partial charge in [0.1, 0.15) is 5.75 Å². The van der Waals surface area contributed by atoms with Crippen LogP contribution in [0.4, 0.5) is 0 Å². The highest BCUT2D eigenvalue weighted by Gasteiger charge is 2.22. The minimum absolute atomic E-state index is 0.248. The summed E-state index contributed by atoms with van der Waals surface area (Å²) in [5.74, 6) is 1.43. The molecule has 0 saturated heterocycles. The minimum Gasteiger partial charge on any atom is -0.489 e. The Morgan fingerprint density at radius 1 is 1.33 bits per heavy atom. The molecule has 0 radical (unpaired) electrons. The Bertz CT molecular complexity index is 423. The van der Waals surface area contributed by atoms with Crippen LogP contribution in [0.25, 0.3) is 0 Å². The highest BCUT2D eigenvalue weighted by molar-refractivity contribution is 6.35. The summed E-state index contributed by atoms with van der Waals surface area (Å²) in [7, 11) is 0. The van der Waals surface area contributed by atoms with Gasteiger partial charge in [-0.15, -0.1) is 0 Å². The lowest BCUT2D eigenvalue weighted by Gasteiger charge is -2.28. The predicted octanol–water partition coefficient (Wildman–Crippen LogP) is 4.41. The second-order valence-electron chi connectivity index (χ2n) is 5.09. The lowest BCUT2D eigenvalue weighted by atomic mass is 9.88. The van der Waals surface area contributed by atoms with E-state index < -0.39 is 0 Å². The Morgan fingerprint density at radius 3 is 2.78 bits per heavy atom. The van der Waals surface area contributed by atoms with Gasteiger partial charge in [0, 0.05) is 17.1 Å². The summed E-state index contributed by atoms with van der Waals surface area (Å²) < 4.78 is 6.06. The highest BCUT2D eigenvalue weighted by Crippen LogP contribution is 2.35. The normalized spacial score (nSPS) is 24.0. The van der Waals surface area contributed by atoms with Gasteiger partial charge in [-0.05, 0) is 37.3 Å². The van der Waals surface area contributed by atoms with Gasteiger partial charge < -0.3 is 10.5 Å². The van der Waals surface area contributed by atoms with Crippen molar-refractivity contribution in [1.82, 2.24) is 0 Å². The van der Waals surface area contributed by atoms with E-state index in [0.29, 0.717) is 22.3 Å². The SMILES string of the molecule is CC1CCCC(Oc2c(Cl)cc(Cl)cc2CN)C1. The zero-order chi connectivity index (χ0) is 13.1. The molecular weight excluding hydrogens is 269 g/mol. The summed E-state index contributed by atoms with van der Waals surface area (Å²) >= 11 is 12.2. The first-order valence-corrected chi connectivity index (χ1v) is 7.20. The van der Waals surface area contributed by atoms with E-state index in [0.717, 1.165) is 24.3 Å². The lowest BCUT2D eigenvalue weighted by Crippen LogP contribution is -2.24. The predicted molar refractivity (Wildman–Crippen MR) is 76.4 cm³/mol. The largest absolute Gasteiger partial charge is 0.489 e. The van der Waals surface area contributed by atoms with E-state index in [4.69, 9.17) is 33.7 Å². The topological polar surface area (TPSA) is 35.2 Å². The molecule has 4 heteroatoms. The second-order valence-corrected chi connectivity index (χ2v) is 5.94. The van der Waals surface area contributed by atoms with Gasteiger partial charge in [0.25, 0.3) is 0 Å². The van der Waals surface area contributed by atoms with E-state index in [1.165, 1.54) is 12.8 Å². The van der Waals surface area contributed by atoms with Crippen LogP contribution in [-0.4, -0.2) is 6.10 Å². The van der Waals surface area contributed by atoms with Gasteiger partial charge in [-0.25, -0.2) is 0 Å². The summed E-state index contributed by atoms with van der Waals surface area (Å²) in [5.41, 5.74) is 6.60. The monoisotopic (exact) mass is 287 g/mol. The van der Waals surface area contributed by atoms with Crippen molar-refractivity contribution in [2.75, 3.05) is 0 Å². The Balaban J connectivity index is 2.17. The van der Waals surface area contributed by atoms with Crippen LogP contribution in [0.15, 0.2) is 12.1 Å². The third-order valence-electron chi connectivity index (χ3n) is 3.48. The molecule has 0 amide bonds. The molecule has 1 aliphatic rings. The smallest absolute Gasteiger partial charge is 0.142 e. The van der Waals surface area contributed by atoms with Crippen molar-refractivity contribution in [3.63, 3.8) is 0 Å². The number of halogens is 2. The third-order valence-corrected chi connectivity index (χ3v) is 3.98. The number of benzene rings is 1. The average molecular weight is 288 g/mol. The molecule has 2 rings (SSSR count). The van der Waals surface area contributed by atoms with Gasteiger partial charge in [0.15, 0.2) is 0 Å². The first kappa shape index (κ1) is 14.0. The van der Waals surface area contributed by atoms with Crippen molar-refractivity contribution in [2.45, 2.75) is 45.3 Å². The third kappa shape index (κ3) is 3.31. The standard InChI is InChI=1S/C14H19Cl2NO/c1-9-3-2-4-12(5-9)18-14-10(8-17)6-11(15)7-13(14)16/h6-7,9,12H,2-5,8,17H2,1H3. The molecule has 2 unspecified atom stereocenters. The number of nitrogens with two attached hydrogens (primary N) is 1. The number of hydrogen-bond donors (Lipinski definition) is 1. The zero-order valence-corrected chi connectivity index (χ0v) is 12.1. The number of rotatable bonds is 3. The molecule has 18 heavy (non-hydrogen) atoms. The molecule has 2 atom stereocenters. The van der Waals surface area contributed by atoms with E-state index in [-0.39, 0.29) is 6.10 Å². The van der Waals surface area contributed by atoms with Gasteiger partial charge >= 0.3 is 0 Å². The Hall–Kier alpha value is -0.440. The summed E-state index contributed by atoms with van der Waals surface area (Å²) in [6, 6.07) is 3.54. The molecule has 0 spiro atoms. The zero-order valence-electron chi connectivity index (χ0n) is 10.6. The Kier molecular flexibility index (Phi) is 4.77. The van der Waals surface area contributed by atoms with Crippen molar-refractivity contribution in [3.05, 3.63) is 27.7 Å². The van der Waals surface area contributed by atoms with Crippen LogP contribution in [0.1, 0.15) is 38.2 Å². The molecule has 2 N–H and O–H groups in total. The second kappa shape index (κ2) is 6.14. The molecule has 0 aliphatic heterocycles. The van der Waals surface area contributed by atoms with Gasteiger partial charge in [0.2, 0.25) is 0 Å². The van der Waals surface area contributed by atoms with Gasteiger partial charge in [-0.3, -0.25) is 0 Å². The van der Waals surface area contributed by atoms with E-state index in [1.54, 1.807) is 6.07 Å². The Morgan fingerprint density at radius 2 is 2.11 bits per heavy atom. The first-order chi connectivity index (χ1) is 8.60. The summed E-state index contributed by atoms with van der Waals surface area (Å²) in [4.78, 5) is 0. The van der Waals surface area contributed by atoms with Crippen LogP contribution in [0.2, 0.25) is 10.0 Å². The van der Waals surface area contributed by atoms with Gasteiger partial charge in [-0.1, -0.05) is 36.5 Å². The summed E-state index contributed by atoms with van der Waals surface area (Å²) in [5, 5.41) is 1.16. The maximum atomic E-state index is 6.20. The van der Waals surface area contributed by atoms with Crippen LogP contribution >= 0.6 is 23.2 Å². The summed E-state index contributed by atoms with van der Waals surface area (Å²) in [6.07, 6.45) is 4.93. The lowest BCUT2D eigenvalue weighted by molar-refractivity contribution is 0.128. The fraction of sp³-hybridized carbons (Fsp3) is 0.571. The Labute approximate surface area is 118 Å². The molecule has 1 aromatic carbocycles. The molecule has 0 aromatic heterocycles. The first-order valence-electron chi connectivity index (χ1n) is 6.44. The van der Waals surface area contributed by atoms with Crippen molar-refractivity contribution in [2.24, 2.45) is 11.7 Å². The number of ether oxygens (including phenoxy) is 1. The quantitative estimate of drug-likeness (QED) is 0.894. The van der Waals surface area contributed by atoms with Gasteiger partial charge in [0.05, 0.1) is 11.1 Å². The average Bonchev–Trinajstić information content (AvgIpc) is 2.32. The van der Waals surface area contributed by atoms with Crippen LogP contribution in [0.3, 0.4) is 0 Å². The molecule has 100 valence electrons. The highest BCUT2D eigenvalue weighted by atomic mass is 35.5. The van der Waals surface area contributed by atoms with Crippen LogP contribution in [-0.2, 0) is 6.54 Å². The van der Waals surface area contributed by atoms with Crippen LogP contribution < -0.4 is 10.5 Å². The fourth-order valence-electron chi connectivity index (χ4n) is 2.55. The van der Waals surface area contributed by atoms with E-state index >= 15 is 0 Å². The summed E-state index contributed by atoms with van der Waals surface area (Å²) in [6.45, 7) is 2.65. The molecule has 0 bridgehead atoms. The van der Waals surface area contributed by atoms with E-state index in [2.05, 4.69) is 6.92 Å². The molecular formula is C14H19Cl2NO. The molecule has 0 heterocycles. The molecule has 1 aromatic rings. The maximum Gasteiger partial charge on any atom is 0.142 e. The molecule has 1 fully saturated rings. The van der Waals surface area contributed by atoms with Crippen molar-refractivity contribution >= 4 is 23.2 Å². The fourth-order valence-corrected chi connectivity index (χ4v) is 3.13. The molecule has 1 saturated carbocycles. The van der Waals surface area contributed by atoms with Crippen molar-refractivity contribution in [3.8, 4) is 5.75 Å². The number of hydrogen-bond acceptors (Lipinski definition) is 2. The molecule has 2 nitrogen and oxygen atoms in total. The van der Waals surface area contributed by atoms with Crippen molar-refractivity contribution < 1.29 is 4.74 Å². The van der Waals surface area contributed by atoms with Crippen LogP contribution in [0, 0.1) is 5.92 Å². The van der Waals surface area contributed by atoms with E-state index in [1.807, 2.05) is 6.07 Å². The van der Waals surface area contributed by atoms with Crippen LogP contribution in [0.5, 0.6) is 5.75 Å². The van der Waals surface area contributed by atoms with Gasteiger partial charge in [-0.2, -0.15) is 0 Å². The maximum absolute atomic E-state index is 6.20. The van der Waals surface area contributed by atoms with E-state index in [9.17, 15) is 0 Å². The van der Waals surface area contributed by atoms with Crippen molar-refractivity contribution in [1.29, 1.82) is 0 Å².